The van der Waals surface area contributed by atoms with Crippen LogP contribution in [-0.2, 0) is 6.42 Å². The molecule has 0 saturated carbocycles. The Labute approximate surface area is 232 Å². The van der Waals surface area contributed by atoms with E-state index >= 15 is 0 Å². The minimum Gasteiger partial charge on any atom is -0.507 e. The Kier molecular flexibility index (Phi) is 8.79. The molecular weight excluding hydrogens is 512 g/mol. The molecule has 5 rings (SSSR count). The lowest BCUT2D eigenvalue weighted by Gasteiger charge is -2.11. The van der Waals surface area contributed by atoms with E-state index in [2.05, 4.69) is 6.92 Å². The Bertz CT molecular complexity index is 1600. The highest BCUT2D eigenvalue weighted by Gasteiger charge is 2.22. The van der Waals surface area contributed by atoms with Crippen molar-refractivity contribution in [2.45, 2.75) is 26.7 Å². The number of carbonyl (C=O) groups is 1. The minimum atomic E-state index is -0.337. The Morgan fingerprint density at radius 2 is 1.80 bits per heavy atom. The topological polar surface area (TPSA) is 115 Å². The van der Waals surface area contributed by atoms with Crippen LogP contribution in [0.3, 0.4) is 0 Å². The quantitative estimate of drug-likeness (QED) is 0.230. The van der Waals surface area contributed by atoms with Crippen molar-refractivity contribution in [1.82, 2.24) is 0 Å². The summed E-state index contributed by atoms with van der Waals surface area (Å²) in [6.45, 7) is 4.44. The summed E-state index contributed by atoms with van der Waals surface area (Å²) >= 11 is 0. The lowest BCUT2D eigenvalue weighted by atomic mass is 10.00. The van der Waals surface area contributed by atoms with Crippen LogP contribution in [0.1, 0.15) is 40.6 Å². The van der Waals surface area contributed by atoms with E-state index in [0.29, 0.717) is 47.4 Å². The fourth-order valence-electron chi connectivity index (χ4n) is 4.44. The van der Waals surface area contributed by atoms with Crippen LogP contribution in [0.15, 0.2) is 69.9 Å². The molecule has 0 bridgehead atoms. The molecule has 4 aromatic rings. The second-order valence-electron chi connectivity index (χ2n) is 9.58. The van der Waals surface area contributed by atoms with Crippen LogP contribution in [0.2, 0.25) is 0 Å². The van der Waals surface area contributed by atoms with Gasteiger partial charge in [0.1, 0.15) is 51.0 Å². The maximum atomic E-state index is 12.3. The first-order chi connectivity index (χ1) is 19.2. The number of hydrogen-bond acceptors (Lipinski definition) is 8. The SMILES string of the molecule is COc1cc(O)c(C(=O)C=Cc2ccccc2)c(OC)c1.Cc1cc(=O)c2c(O)c3c(cc2o1)OCC(C)CC3. The van der Waals surface area contributed by atoms with Gasteiger partial charge in [0.05, 0.1) is 20.8 Å². The van der Waals surface area contributed by atoms with Crippen LogP contribution >= 0.6 is 0 Å². The van der Waals surface area contributed by atoms with Crippen molar-refractivity contribution in [1.29, 1.82) is 0 Å². The van der Waals surface area contributed by atoms with E-state index in [1.807, 2.05) is 30.3 Å². The van der Waals surface area contributed by atoms with Crippen LogP contribution in [0, 0.1) is 12.8 Å². The highest BCUT2D eigenvalue weighted by atomic mass is 16.5. The molecule has 0 fully saturated rings. The van der Waals surface area contributed by atoms with Crippen molar-refractivity contribution >= 4 is 22.8 Å². The molecule has 8 nitrogen and oxygen atoms in total. The molecule has 1 aliphatic heterocycles. The summed E-state index contributed by atoms with van der Waals surface area (Å²) in [5, 5.41) is 20.6. The maximum absolute atomic E-state index is 12.3. The number of methoxy groups -OCH3 is 2. The van der Waals surface area contributed by atoms with Gasteiger partial charge in [0.15, 0.2) is 11.2 Å². The van der Waals surface area contributed by atoms with Crippen LogP contribution in [-0.4, -0.2) is 36.8 Å². The number of carbonyl (C=O) groups excluding carboxylic acids is 1. The van der Waals surface area contributed by atoms with Gasteiger partial charge in [-0.25, -0.2) is 0 Å². The molecule has 208 valence electrons. The molecule has 0 saturated heterocycles. The van der Waals surface area contributed by atoms with Gasteiger partial charge >= 0.3 is 0 Å². The first-order valence-corrected chi connectivity index (χ1v) is 12.9. The third-order valence-electron chi connectivity index (χ3n) is 6.57. The summed E-state index contributed by atoms with van der Waals surface area (Å²) in [6.07, 6.45) is 4.74. The predicted octanol–water partition coefficient (Wildman–Crippen LogP) is 6.07. The molecule has 8 heteroatoms. The van der Waals surface area contributed by atoms with Gasteiger partial charge in [0, 0.05) is 29.8 Å². The normalized spacial score (nSPS) is 14.4. The summed E-state index contributed by atoms with van der Waals surface area (Å²) in [5.41, 5.74) is 1.91. The fraction of sp³-hybridized carbons (Fsp3) is 0.250. The summed E-state index contributed by atoms with van der Waals surface area (Å²) in [7, 11) is 2.91. The van der Waals surface area contributed by atoms with E-state index in [0.717, 1.165) is 12.0 Å². The van der Waals surface area contributed by atoms with Crippen molar-refractivity contribution in [3.05, 3.63) is 93.3 Å². The van der Waals surface area contributed by atoms with Crippen molar-refractivity contribution in [3.63, 3.8) is 0 Å². The number of aromatic hydroxyl groups is 2. The van der Waals surface area contributed by atoms with Crippen molar-refractivity contribution in [2.24, 2.45) is 5.92 Å². The molecule has 1 atom stereocenters. The average Bonchev–Trinajstić information content (AvgIpc) is 3.13. The Morgan fingerprint density at radius 1 is 1.05 bits per heavy atom. The summed E-state index contributed by atoms with van der Waals surface area (Å²) in [5.74, 6) is 1.78. The number of phenolic OH excluding ortho intramolecular Hbond substituents is 2. The molecule has 40 heavy (non-hydrogen) atoms. The summed E-state index contributed by atoms with van der Waals surface area (Å²) < 4.78 is 21.4. The molecule has 3 aromatic carbocycles. The second kappa shape index (κ2) is 12.4. The maximum Gasteiger partial charge on any atom is 0.196 e. The van der Waals surface area contributed by atoms with Crippen LogP contribution in [0.25, 0.3) is 17.0 Å². The molecule has 2 heterocycles. The number of ether oxygens (including phenoxy) is 3. The van der Waals surface area contributed by atoms with Crippen LogP contribution in [0.4, 0.5) is 0 Å². The molecular formula is C32H32O8. The van der Waals surface area contributed by atoms with Crippen molar-refractivity contribution < 1.29 is 33.6 Å². The monoisotopic (exact) mass is 544 g/mol. The van der Waals surface area contributed by atoms with E-state index in [-0.39, 0.29) is 39.4 Å². The van der Waals surface area contributed by atoms with Gasteiger partial charge < -0.3 is 28.8 Å². The molecule has 0 spiro atoms. The number of hydrogen-bond donors (Lipinski definition) is 2. The van der Waals surface area contributed by atoms with Gasteiger partial charge in [-0.1, -0.05) is 43.3 Å². The van der Waals surface area contributed by atoms with E-state index in [4.69, 9.17) is 18.6 Å². The molecule has 2 N–H and O–H groups in total. The van der Waals surface area contributed by atoms with Crippen LogP contribution < -0.4 is 19.6 Å². The molecule has 0 amide bonds. The number of aryl methyl sites for hydroxylation is 1. The van der Waals surface area contributed by atoms with E-state index in [1.54, 1.807) is 25.1 Å². The summed E-state index contributed by atoms with van der Waals surface area (Å²) in [4.78, 5) is 24.2. The number of rotatable bonds is 5. The number of ketones is 1. The lowest BCUT2D eigenvalue weighted by molar-refractivity contribution is 0.104. The molecule has 1 unspecified atom stereocenters. The largest absolute Gasteiger partial charge is 0.507 e. The third-order valence-corrected chi connectivity index (χ3v) is 6.57. The first kappa shape index (κ1) is 28.3. The number of phenols is 2. The van der Waals surface area contributed by atoms with Gasteiger partial charge in [0.2, 0.25) is 0 Å². The lowest BCUT2D eigenvalue weighted by Crippen LogP contribution is -2.05. The van der Waals surface area contributed by atoms with Gasteiger partial charge in [-0.3, -0.25) is 9.59 Å². The predicted molar refractivity (Wildman–Crippen MR) is 153 cm³/mol. The average molecular weight is 545 g/mol. The zero-order chi connectivity index (χ0) is 28.8. The van der Waals surface area contributed by atoms with Crippen LogP contribution in [0.5, 0.6) is 28.7 Å². The van der Waals surface area contributed by atoms with Gasteiger partial charge in [-0.2, -0.15) is 0 Å². The Morgan fingerprint density at radius 3 is 2.50 bits per heavy atom. The van der Waals surface area contributed by atoms with Crippen molar-refractivity contribution in [2.75, 3.05) is 20.8 Å². The highest BCUT2D eigenvalue weighted by molar-refractivity contribution is 6.10. The molecule has 0 aliphatic carbocycles. The van der Waals surface area contributed by atoms with E-state index < -0.39 is 0 Å². The smallest absolute Gasteiger partial charge is 0.196 e. The van der Waals surface area contributed by atoms with E-state index in [1.165, 1.54) is 32.4 Å². The standard InChI is InChI=1S/C17H16O4.C15H16O4/c1-20-13-10-15(19)17(16(11-13)21-2)14(18)9-8-12-6-4-3-5-7-12;1-8-3-4-10-12(18-7-8)6-13-14(15(10)17)11(16)5-9(2)19-13/h3-11,19H,1-2H3;5-6,8,17H,3-4,7H2,1-2H3. The van der Waals surface area contributed by atoms with Gasteiger partial charge in [-0.05, 0) is 37.3 Å². The number of benzene rings is 3. The van der Waals surface area contributed by atoms with E-state index in [9.17, 15) is 19.8 Å². The second-order valence-corrected chi connectivity index (χ2v) is 9.58. The minimum absolute atomic E-state index is 0.00958. The van der Waals surface area contributed by atoms with Gasteiger partial charge in [-0.15, -0.1) is 0 Å². The Balaban J connectivity index is 0.000000186. The highest BCUT2D eigenvalue weighted by Crippen LogP contribution is 2.38. The number of fused-ring (bicyclic) bond motifs is 2. The van der Waals surface area contributed by atoms with Gasteiger partial charge in [0.25, 0.3) is 0 Å². The molecule has 1 aliphatic rings. The van der Waals surface area contributed by atoms with Crippen molar-refractivity contribution in [3.8, 4) is 28.7 Å². The third kappa shape index (κ3) is 6.29. The molecule has 1 aromatic heterocycles. The zero-order valence-electron chi connectivity index (χ0n) is 22.9. The number of allylic oxidation sites excluding steroid dienone is 1. The fourth-order valence-corrected chi connectivity index (χ4v) is 4.44. The molecule has 0 radical (unpaired) electrons. The zero-order valence-corrected chi connectivity index (χ0v) is 22.9. The summed E-state index contributed by atoms with van der Waals surface area (Å²) in [6, 6.07) is 15.5. The Hall–Kier alpha value is -4.72. The first-order valence-electron chi connectivity index (χ1n) is 12.9.